The highest BCUT2D eigenvalue weighted by Gasteiger charge is 2.27. The van der Waals surface area contributed by atoms with Gasteiger partial charge in [0.1, 0.15) is 6.04 Å². The van der Waals surface area contributed by atoms with Crippen molar-refractivity contribution in [2.75, 3.05) is 26.0 Å². The first-order chi connectivity index (χ1) is 8.08. The molecule has 1 rings (SSSR count). The van der Waals surface area contributed by atoms with Gasteiger partial charge in [0.15, 0.2) is 0 Å². The molecule has 0 aromatic heterocycles. The van der Waals surface area contributed by atoms with E-state index in [4.69, 9.17) is 4.74 Å². The van der Waals surface area contributed by atoms with Crippen LogP contribution in [0.25, 0.3) is 0 Å². The third kappa shape index (κ3) is 4.20. The third-order valence-electron chi connectivity index (χ3n) is 2.95. The number of carbonyl (C=O) groups is 2. The third-order valence-corrected chi connectivity index (χ3v) is 3.31. The maximum absolute atomic E-state index is 12.1. The minimum Gasteiger partial charge on any atom is -0.381 e. The zero-order valence-corrected chi connectivity index (χ0v) is 11.2. The Morgan fingerprint density at radius 2 is 2.06 bits per heavy atom. The molecule has 0 spiro atoms. The maximum atomic E-state index is 12.1. The molecule has 1 saturated heterocycles. The van der Waals surface area contributed by atoms with Crippen LogP contribution in [0.1, 0.15) is 19.8 Å². The molecule has 2 amide bonds. The van der Waals surface area contributed by atoms with Crippen LogP contribution in [0.4, 0.5) is 0 Å². The molecule has 1 heterocycles. The van der Waals surface area contributed by atoms with E-state index in [2.05, 4.69) is 17.9 Å². The van der Waals surface area contributed by atoms with Crippen LogP contribution in [-0.4, -0.2) is 54.8 Å². The van der Waals surface area contributed by atoms with Gasteiger partial charge in [-0.25, -0.2) is 0 Å². The van der Waals surface area contributed by atoms with Gasteiger partial charge in [0.05, 0.1) is 6.10 Å². The second-order valence-electron chi connectivity index (χ2n) is 4.20. The molecule has 1 atom stereocenters. The highest BCUT2D eigenvalue weighted by Crippen LogP contribution is 2.14. The molecule has 0 aromatic carbocycles. The van der Waals surface area contributed by atoms with Crippen LogP contribution in [0, 0.1) is 0 Å². The van der Waals surface area contributed by atoms with E-state index in [-0.39, 0.29) is 17.9 Å². The molecular formula is C11H20N2O3S. The Hall–Kier alpha value is -0.750. The number of nitrogens with one attached hydrogen (secondary N) is 1. The molecule has 98 valence electrons. The van der Waals surface area contributed by atoms with Crippen molar-refractivity contribution in [1.82, 2.24) is 10.2 Å². The summed E-state index contributed by atoms with van der Waals surface area (Å²) in [7, 11) is 1.69. The van der Waals surface area contributed by atoms with E-state index in [0.717, 1.165) is 12.8 Å². The summed E-state index contributed by atoms with van der Waals surface area (Å²) in [5, 5.41) is 2.61. The second kappa shape index (κ2) is 6.86. The molecule has 0 aromatic rings. The Balaban J connectivity index is 2.48. The number of hydrogen-bond donors (Lipinski definition) is 2. The second-order valence-corrected chi connectivity index (χ2v) is 4.56. The molecule has 0 aliphatic carbocycles. The van der Waals surface area contributed by atoms with Gasteiger partial charge in [-0.2, -0.15) is 12.6 Å². The van der Waals surface area contributed by atoms with Crippen LogP contribution in [0.15, 0.2) is 0 Å². The van der Waals surface area contributed by atoms with E-state index < -0.39 is 6.04 Å². The fraction of sp³-hybridized carbons (Fsp3) is 0.818. The highest BCUT2D eigenvalue weighted by molar-refractivity contribution is 7.80. The van der Waals surface area contributed by atoms with E-state index in [1.165, 1.54) is 6.92 Å². The SMILES string of the molecule is COC1CCN(C(=O)C(CS)NC(C)=O)CC1. The van der Waals surface area contributed by atoms with Gasteiger partial charge < -0.3 is 15.0 Å². The largest absolute Gasteiger partial charge is 0.381 e. The molecule has 17 heavy (non-hydrogen) atoms. The number of amides is 2. The van der Waals surface area contributed by atoms with Crippen molar-refractivity contribution in [2.24, 2.45) is 0 Å². The Labute approximate surface area is 107 Å². The van der Waals surface area contributed by atoms with Gasteiger partial charge >= 0.3 is 0 Å². The van der Waals surface area contributed by atoms with Gasteiger partial charge in [-0.05, 0) is 12.8 Å². The van der Waals surface area contributed by atoms with Gasteiger partial charge in [-0.1, -0.05) is 0 Å². The first kappa shape index (κ1) is 14.3. The van der Waals surface area contributed by atoms with Crippen LogP contribution < -0.4 is 5.32 Å². The van der Waals surface area contributed by atoms with Gasteiger partial charge in [0.2, 0.25) is 11.8 Å². The number of carbonyl (C=O) groups excluding carboxylic acids is 2. The minimum absolute atomic E-state index is 0.0512. The lowest BCUT2D eigenvalue weighted by atomic mass is 10.1. The molecule has 0 bridgehead atoms. The van der Waals surface area contributed by atoms with Crippen LogP contribution in [0.3, 0.4) is 0 Å². The Kier molecular flexibility index (Phi) is 5.77. The lowest BCUT2D eigenvalue weighted by Crippen LogP contribution is -2.51. The molecule has 0 saturated carbocycles. The average molecular weight is 260 g/mol. The standard InChI is InChI=1S/C11H20N2O3S/c1-8(14)12-10(7-17)11(15)13-5-3-9(16-2)4-6-13/h9-10,17H,3-7H2,1-2H3,(H,12,14). The van der Waals surface area contributed by atoms with Gasteiger partial charge in [-0.15, -0.1) is 0 Å². The molecule has 1 N–H and O–H groups in total. The Bertz CT molecular complexity index is 278. The van der Waals surface area contributed by atoms with E-state index in [9.17, 15) is 9.59 Å². The summed E-state index contributed by atoms with van der Waals surface area (Å²) in [5.41, 5.74) is 0. The van der Waals surface area contributed by atoms with Gasteiger partial charge in [-0.3, -0.25) is 9.59 Å². The van der Waals surface area contributed by atoms with Crippen LogP contribution >= 0.6 is 12.6 Å². The predicted octanol–water partition coefficient (Wildman–Crippen LogP) is 0.0583. The van der Waals surface area contributed by atoms with E-state index in [1.54, 1.807) is 12.0 Å². The summed E-state index contributed by atoms with van der Waals surface area (Å²) < 4.78 is 5.25. The first-order valence-electron chi connectivity index (χ1n) is 5.78. The molecule has 5 nitrogen and oxygen atoms in total. The monoisotopic (exact) mass is 260 g/mol. The number of piperidine rings is 1. The number of likely N-dealkylation sites (tertiary alicyclic amines) is 1. The number of hydrogen-bond acceptors (Lipinski definition) is 4. The van der Waals surface area contributed by atoms with E-state index in [0.29, 0.717) is 18.8 Å². The number of methoxy groups -OCH3 is 1. The minimum atomic E-state index is -0.519. The van der Waals surface area contributed by atoms with Crippen LogP contribution in [0.2, 0.25) is 0 Å². The fourth-order valence-electron chi connectivity index (χ4n) is 1.96. The van der Waals surface area contributed by atoms with E-state index >= 15 is 0 Å². The number of thiol groups is 1. The summed E-state index contributed by atoms with van der Waals surface area (Å²) >= 11 is 4.10. The lowest BCUT2D eigenvalue weighted by Gasteiger charge is -2.33. The highest BCUT2D eigenvalue weighted by atomic mass is 32.1. The van der Waals surface area contributed by atoms with Gasteiger partial charge in [0, 0.05) is 32.9 Å². The topological polar surface area (TPSA) is 58.6 Å². The molecule has 1 aliphatic rings. The Morgan fingerprint density at radius 3 is 2.47 bits per heavy atom. The smallest absolute Gasteiger partial charge is 0.245 e. The number of nitrogens with zero attached hydrogens (tertiary/aromatic N) is 1. The number of ether oxygens (including phenoxy) is 1. The lowest BCUT2D eigenvalue weighted by molar-refractivity contribution is -0.137. The van der Waals surface area contributed by atoms with Crippen molar-refractivity contribution in [2.45, 2.75) is 31.9 Å². The molecule has 1 unspecified atom stereocenters. The molecule has 6 heteroatoms. The van der Waals surface area contributed by atoms with E-state index in [1.807, 2.05) is 0 Å². The summed E-state index contributed by atoms with van der Waals surface area (Å²) in [5.74, 6) is 0.0664. The number of rotatable bonds is 4. The van der Waals surface area contributed by atoms with Crippen LogP contribution in [-0.2, 0) is 14.3 Å². The van der Waals surface area contributed by atoms with Crippen molar-refractivity contribution >= 4 is 24.4 Å². The van der Waals surface area contributed by atoms with Crippen molar-refractivity contribution in [3.8, 4) is 0 Å². The molecule has 1 fully saturated rings. The van der Waals surface area contributed by atoms with Crippen LogP contribution in [0.5, 0.6) is 0 Å². The normalized spacial score (nSPS) is 18.9. The maximum Gasteiger partial charge on any atom is 0.245 e. The van der Waals surface area contributed by atoms with Gasteiger partial charge in [0.25, 0.3) is 0 Å². The van der Waals surface area contributed by atoms with Crippen molar-refractivity contribution in [1.29, 1.82) is 0 Å². The molecular weight excluding hydrogens is 240 g/mol. The Morgan fingerprint density at radius 1 is 1.47 bits per heavy atom. The van der Waals surface area contributed by atoms with Crippen molar-refractivity contribution < 1.29 is 14.3 Å². The average Bonchev–Trinajstić information content (AvgIpc) is 2.35. The fourth-order valence-corrected chi connectivity index (χ4v) is 2.21. The summed E-state index contributed by atoms with van der Waals surface area (Å²) in [6.07, 6.45) is 1.94. The van der Waals surface area contributed by atoms with Crippen molar-refractivity contribution in [3.63, 3.8) is 0 Å². The zero-order chi connectivity index (χ0) is 12.8. The zero-order valence-electron chi connectivity index (χ0n) is 10.3. The summed E-state index contributed by atoms with van der Waals surface area (Å²) in [4.78, 5) is 24.8. The summed E-state index contributed by atoms with van der Waals surface area (Å²) in [6.45, 7) is 2.77. The molecule has 1 aliphatic heterocycles. The predicted molar refractivity (Wildman–Crippen MR) is 68.1 cm³/mol. The van der Waals surface area contributed by atoms with Crippen molar-refractivity contribution in [3.05, 3.63) is 0 Å². The quantitative estimate of drug-likeness (QED) is 0.703. The first-order valence-corrected chi connectivity index (χ1v) is 6.41. The molecule has 0 radical (unpaired) electrons. The summed E-state index contributed by atoms with van der Waals surface area (Å²) in [6, 6.07) is -0.519.